The molecule has 0 saturated carbocycles. The summed E-state index contributed by atoms with van der Waals surface area (Å²) in [6, 6.07) is 16.2. The first-order valence-electron chi connectivity index (χ1n) is 11.2. The molecular formula is C26H36N2O3. The van der Waals surface area contributed by atoms with Gasteiger partial charge in [-0.05, 0) is 35.4 Å². The summed E-state index contributed by atoms with van der Waals surface area (Å²) in [4.78, 5) is 11.7. The van der Waals surface area contributed by atoms with Gasteiger partial charge in [-0.1, -0.05) is 63.2 Å². The molecule has 3 atom stereocenters. The molecule has 0 radical (unpaired) electrons. The van der Waals surface area contributed by atoms with Crippen molar-refractivity contribution in [3.63, 3.8) is 0 Å². The van der Waals surface area contributed by atoms with Crippen LogP contribution in [0.2, 0.25) is 0 Å². The Morgan fingerprint density at radius 2 is 1.90 bits per heavy atom. The summed E-state index contributed by atoms with van der Waals surface area (Å²) in [6.07, 6.45) is 1.73. The number of amides is 1. The maximum atomic E-state index is 11.7. The summed E-state index contributed by atoms with van der Waals surface area (Å²) in [5, 5.41) is 17.3. The van der Waals surface area contributed by atoms with Crippen LogP contribution in [0, 0.1) is 5.41 Å². The molecule has 3 rings (SSSR count). The van der Waals surface area contributed by atoms with Gasteiger partial charge in [-0.25, -0.2) is 0 Å². The van der Waals surface area contributed by atoms with Crippen molar-refractivity contribution in [2.45, 2.75) is 65.1 Å². The highest BCUT2D eigenvalue weighted by Crippen LogP contribution is 2.34. The van der Waals surface area contributed by atoms with Crippen LogP contribution < -0.4 is 15.4 Å². The molecular weight excluding hydrogens is 388 g/mol. The van der Waals surface area contributed by atoms with Gasteiger partial charge >= 0.3 is 0 Å². The van der Waals surface area contributed by atoms with Crippen molar-refractivity contribution in [1.29, 1.82) is 0 Å². The fourth-order valence-corrected chi connectivity index (χ4v) is 4.20. The maximum Gasteiger partial charge on any atom is 0.217 e. The highest BCUT2D eigenvalue weighted by Gasteiger charge is 2.26. The minimum atomic E-state index is -0.701. The molecule has 3 N–H and O–H groups in total. The summed E-state index contributed by atoms with van der Waals surface area (Å²) in [6.45, 7) is 9.26. The maximum absolute atomic E-state index is 11.7. The van der Waals surface area contributed by atoms with Gasteiger partial charge < -0.3 is 20.5 Å². The molecule has 2 aromatic carbocycles. The Balaban J connectivity index is 1.68. The summed E-state index contributed by atoms with van der Waals surface area (Å²) >= 11 is 0. The highest BCUT2D eigenvalue weighted by molar-refractivity contribution is 5.73. The van der Waals surface area contributed by atoms with E-state index in [0.717, 1.165) is 29.7 Å². The highest BCUT2D eigenvalue weighted by atomic mass is 16.5. The van der Waals surface area contributed by atoms with Crippen LogP contribution in [0.1, 0.15) is 56.8 Å². The standard InChI is InChI=1S/C26H36N2O3/c1-18(29)28-23(15-19-8-6-5-7-9-19)24(30)17-27-22-12-13-31-25-11-10-20(14-21(22)25)16-26(2,3)4/h5-11,14,22-24,27,30H,12-13,15-17H2,1-4H3,(H,28,29)/t22?,23?,24-/m1/s1. The first-order valence-corrected chi connectivity index (χ1v) is 11.2. The van der Waals surface area contributed by atoms with Gasteiger partial charge in [0.1, 0.15) is 5.75 Å². The minimum absolute atomic E-state index is 0.119. The molecule has 0 aliphatic carbocycles. The lowest BCUT2D eigenvalue weighted by Gasteiger charge is -2.30. The zero-order chi connectivity index (χ0) is 22.4. The van der Waals surface area contributed by atoms with E-state index in [9.17, 15) is 9.90 Å². The molecule has 0 saturated heterocycles. The predicted octanol–water partition coefficient (Wildman–Crippen LogP) is 3.80. The molecule has 0 fully saturated rings. The smallest absolute Gasteiger partial charge is 0.217 e. The molecule has 0 spiro atoms. The summed E-state index contributed by atoms with van der Waals surface area (Å²) in [5.41, 5.74) is 3.75. The van der Waals surface area contributed by atoms with E-state index in [-0.39, 0.29) is 23.4 Å². The van der Waals surface area contributed by atoms with Gasteiger partial charge in [-0.3, -0.25) is 4.79 Å². The number of aliphatic hydroxyl groups excluding tert-OH is 1. The lowest BCUT2D eigenvalue weighted by molar-refractivity contribution is -0.120. The molecule has 5 heteroatoms. The summed E-state index contributed by atoms with van der Waals surface area (Å²) in [7, 11) is 0. The van der Waals surface area contributed by atoms with Crippen molar-refractivity contribution in [1.82, 2.24) is 10.6 Å². The predicted molar refractivity (Wildman–Crippen MR) is 124 cm³/mol. The minimum Gasteiger partial charge on any atom is -0.493 e. The Kier molecular flexibility index (Phi) is 7.74. The van der Waals surface area contributed by atoms with Crippen LogP contribution in [0.4, 0.5) is 0 Å². The van der Waals surface area contributed by atoms with Gasteiger partial charge in [0.15, 0.2) is 0 Å². The molecule has 168 valence electrons. The zero-order valence-electron chi connectivity index (χ0n) is 19.2. The SMILES string of the molecule is CC(=O)NC(Cc1ccccc1)[C@H](O)CNC1CCOc2ccc(CC(C)(C)C)cc21. The molecule has 5 nitrogen and oxygen atoms in total. The van der Waals surface area contributed by atoms with E-state index >= 15 is 0 Å². The summed E-state index contributed by atoms with van der Waals surface area (Å²) in [5.74, 6) is 0.779. The number of fused-ring (bicyclic) bond motifs is 1. The molecule has 0 aromatic heterocycles. The molecule has 1 aliphatic heterocycles. The normalized spacial score (nSPS) is 17.9. The number of nitrogens with one attached hydrogen (secondary N) is 2. The van der Waals surface area contributed by atoms with Crippen LogP contribution in [-0.2, 0) is 17.6 Å². The molecule has 2 aromatic rings. The number of aliphatic hydroxyl groups is 1. The Labute approximate surface area is 186 Å². The molecule has 1 amide bonds. The molecule has 1 heterocycles. The first-order chi connectivity index (χ1) is 14.7. The van der Waals surface area contributed by atoms with Gasteiger partial charge in [-0.15, -0.1) is 0 Å². The van der Waals surface area contributed by atoms with Crippen molar-refractivity contribution in [3.05, 3.63) is 65.2 Å². The van der Waals surface area contributed by atoms with Gasteiger partial charge in [-0.2, -0.15) is 0 Å². The number of hydrogen-bond donors (Lipinski definition) is 3. The average molecular weight is 425 g/mol. The molecule has 31 heavy (non-hydrogen) atoms. The second kappa shape index (κ2) is 10.3. The van der Waals surface area contributed by atoms with Crippen molar-refractivity contribution < 1.29 is 14.6 Å². The van der Waals surface area contributed by atoms with Gasteiger partial charge in [0.05, 0.1) is 18.8 Å². The van der Waals surface area contributed by atoms with Crippen LogP contribution in [0.5, 0.6) is 5.75 Å². The molecule has 1 aliphatic rings. The van der Waals surface area contributed by atoms with Crippen LogP contribution in [0.25, 0.3) is 0 Å². The monoisotopic (exact) mass is 424 g/mol. The van der Waals surface area contributed by atoms with Gasteiger partial charge in [0.2, 0.25) is 5.91 Å². The van der Waals surface area contributed by atoms with Gasteiger partial charge in [0, 0.05) is 31.5 Å². The van der Waals surface area contributed by atoms with Crippen molar-refractivity contribution in [2.24, 2.45) is 5.41 Å². The lowest BCUT2D eigenvalue weighted by atomic mass is 9.86. The third-order valence-electron chi connectivity index (χ3n) is 5.57. The largest absolute Gasteiger partial charge is 0.493 e. The van der Waals surface area contributed by atoms with Crippen molar-refractivity contribution in [3.8, 4) is 5.75 Å². The van der Waals surface area contributed by atoms with Gasteiger partial charge in [0.25, 0.3) is 0 Å². The van der Waals surface area contributed by atoms with E-state index in [4.69, 9.17) is 4.74 Å². The topological polar surface area (TPSA) is 70.6 Å². The Morgan fingerprint density at radius 1 is 1.16 bits per heavy atom. The third kappa shape index (κ3) is 7.08. The van der Waals surface area contributed by atoms with E-state index in [0.29, 0.717) is 19.6 Å². The van der Waals surface area contributed by atoms with Crippen LogP contribution in [0.3, 0.4) is 0 Å². The Bertz CT molecular complexity index is 861. The van der Waals surface area contributed by atoms with Crippen LogP contribution >= 0.6 is 0 Å². The first kappa shape index (κ1) is 23.3. The van der Waals surface area contributed by atoms with E-state index in [2.05, 4.69) is 49.6 Å². The number of benzene rings is 2. The fourth-order valence-electron chi connectivity index (χ4n) is 4.20. The number of carbonyl (C=O) groups excluding carboxylic acids is 1. The number of hydrogen-bond acceptors (Lipinski definition) is 4. The average Bonchev–Trinajstić information content (AvgIpc) is 2.71. The quantitative estimate of drug-likeness (QED) is 0.603. The van der Waals surface area contributed by atoms with Crippen molar-refractivity contribution in [2.75, 3.05) is 13.2 Å². The van der Waals surface area contributed by atoms with Crippen molar-refractivity contribution >= 4 is 5.91 Å². The fraction of sp³-hybridized carbons (Fsp3) is 0.500. The number of carbonyl (C=O) groups is 1. The lowest BCUT2D eigenvalue weighted by Crippen LogP contribution is -2.48. The van der Waals surface area contributed by atoms with E-state index in [1.807, 2.05) is 30.3 Å². The van der Waals surface area contributed by atoms with E-state index < -0.39 is 6.10 Å². The molecule has 2 unspecified atom stereocenters. The second-order valence-corrected chi connectivity index (χ2v) is 9.77. The summed E-state index contributed by atoms with van der Waals surface area (Å²) < 4.78 is 5.87. The van der Waals surface area contributed by atoms with Crippen LogP contribution in [-0.4, -0.2) is 36.3 Å². The second-order valence-electron chi connectivity index (χ2n) is 9.77. The van der Waals surface area contributed by atoms with E-state index in [1.54, 1.807) is 0 Å². The van der Waals surface area contributed by atoms with E-state index in [1.165, 1.54) is 12.5 Å². The number of ether oxygens (including phenoxy) is 1. The Morgan fingerprint density at radius 3 is 2.58 bits per heavy atom. The third-order valence-corrected chi connectivity index (χ3v) is 5.57. The van der Waals surface area contributed by atoms with Crippen LogP contribution in [0.15, 0.2) is 48.5 Å². The zero-order valence-corrected chi connectivity index (χ0v) is 19.2. The molecule has 0 bridgehead atoms. The number of rotatable bonds is 8. The Hall–Kier alpha value is -2.37.